The van der Waals surface area contributed by atoms with Crippen LogP contribution in [0.5, 0.6) is 0 Å². The van der Waals surface area contributed by atoms with Gasteiger partial charge in [-0.25, -0.2) is 0 Å². The molecule has 234 valence electrons. The highest BCUT2D eigenvalue weighted by molar-refractivity contribution is 6.12. The van der Waals surface area contributed by atoms with Gasteiger partial charge in [0.1, 0.15) is 0 Å². The topological polar surface area (TPSA) is 9.86 Å². The Balaban J connectivity index is 1.08. The average molecular weight is 637 g/mol. The van der Waals surface area contributed by atoms with Crippen LogP contribution in [-0.4, -0.2) is 9.13 Å². The third kappa shape index (κ3) is 4.57. The maximum atomic E-state index is 2.40. The van der Waals surface area contributed by atoms with Crippen LogP contribution in [0.2, 0.25) is 0 Å². The Hall–Kier alpha value is -6.64. The van der Waals surface area contributed by atoms with Crippen LogP contribution < -0.4 is 0 Å². The molecule has 0 N–H and O–H groups in total. The van der Waals surface area contributed by atoms with Crippen molar-refractivity contribution in [2.45, 2.75) is 0 Å². The quantitative estimate of drug-likeness (QED) is 0.178. The first-order chi connectivity index (χ1) is 24.8. The molecule has 2 heteroatoms. The van der Waals surface area contributed by atoms with Crippen LogP contribution in [0.4, 0.5) is 0 Å². The number of hydrogen-bond donors (Lipinski definition) is 0. The number of benzene rings is 8. The van der Waals surface area contributed by atoms with Gasteiger partial charge >= 0.3 is 0 Å². The zero-order valence-electron chi connectivity index (χ0n) is 27.4. The summed E-state index contributed by atoms with van der Waals surface area (Å²) in [6.45, 7) is 0. The summed E-state index contributed by atoms with van der Waals surface area (Å²) in [5.41, 5.74) is 14.5. The molecule has 2 heterocycles. The normalized spacial score (nSPS) is 11.6. The highest BCUT2D eigenvalue weighted by Gasteiger charge is 2.16. The van der Waals surface area contributed by atoms with Gasteiger partial charge < -0.3 is 9.13 Å². The Morgan fingerprint density at radius 2 is 0.620 bits per heavy atom. The molecule has 0 bridgehead atoms. The van der Waals surface area contributed by atoms with Crippen LogP contribution in [0.25, 0.3) is 88.4 Å². The van der Waals surface area contributed by atoms with Gasteiger partial charge in [0.15, 0.2) is 0 Å². The van der Waals surface area contributed by atoms with Crippen molar-refractivity contribution in [3.8, 4) is 44.8 Å². The first-order valence-electron chi connectivity index (χ1n) is 17.2. The van der Waals surface area contributed by atoms with Crippen molar-refractivity contribution in [1.29, 1.82) is 0 Å². The highest BCUT2D eigenvalue weighted by atomic mass is 15.0. The number of hydrogen-bond acceptors (Lipinski definition) is 0. The minimum absolute atomic E-state index is 1.16. The van der Waals surface area contributed by atoms with Crippen molar-refractivity contribution in [3.63, 3.8) is 0 Å². The molecular formula is C48H32N2. The van der Waals surface area contributed by atoms with E-state index in [9.17, 15) is 0 Å². The molecular weight excluding hydrogens is 605 g/mol. The van der Waals surface area contributed by atoms with Gasteiger partial charge in [-0.05, 0) is 88.0 Å². The van der Waals surface area contributed by atoms with Crippen LogP contribution in [0, 0.1) is 0 Å². The molecule has 50 heavy (non-hydrogen) atoms. The molecule has 0 radical (unpaired) electrons. The molecule has 0 saturated carbocycles. The summed E-state index contributed by atoms with van der Waals surface area (Å²) in [4.78, 5) is 0. The standard InChI is InChI=1S/C48H32N2/c1-3-11-33(12-4-1)34-19-21-35(22-20-34)38-25-29-43-44-31-37(26-30-47(44)50(48(43)32-38)39-13-5-2-6-14-39)36-23-27-40(28-24-36)49-45-17-9-7-15-41(45)42-16-8-10-18-46(42)49/h1-32H. The zero-order chi connectivity index (χ0) is 33.0. The lowest BCUT2D eigenvalue weighted by Crippen LogP contribution is -1.94. The average Bonchev–Trinajstić information content (AvgIpc) is 3.71. The Bertz CT molecular complexity index is 2770. The van der Waals surface area contributed by atoms with Gasteiger partial charge in [0.05, 0.1) is 22.1 Å². The molecule has 2 nitrogen and oxygen atoms in total. The number of nitrogens with zero attached hydrogens (tertiary/aromatic N) is 2. The minimum atomic E-state index is 1.16. The predicted octanol–water partition coefficient (Wildman–Crippen LogP) is 12.9. The fourth-order valence-electron chi connectivity index (χ4n) is 7.72. The smallest absolute Gasteiger partial charge is 0.0547 e. The van der Waals surface area contributed by atoms with Crippen molar-refractivity contribution in [1.82, 2.24) is 9.13 Å². The molecule has 10 aromatic rings. The molecule has 10 rings (SSSR count). The summed E-state index contributed by atoms with van der Waals surface area (Å²) >= 11 is 0. The fourth-order valence-corrected chi connectivity index (χ4v) is 7.72. The lowest BCUT2D eigenvalue weighted by molar-refractivity contribution is 1.18. The highest BCUT2D eigenvalue weighted by Crippen LogP contribution is 2.38. The Morgan fingerprint density at radius 3 is 1.28 bits per heavy atom. The second-order valence-electron chi connectivity index (χ2n) is 13.0. The van der Waals surface area contributed by atoms with Crippen LogP contribution in [0.3, 0.4) is 0 Å². The molecule has 2 aromatic heterocycles. The summed E-state index contributed by atoms with van der Waals surface area (Å²) in [6.07, 6.45) is 0. The van der Waals surface area contributed by atoms with Crippen molar-refractivity contribution in [2.75, 3.05) is 0 Å². The molecule has 0 unspecified atom stereocenters. The Labute approximate surface area is 290 Å². The van der Waals surface area contributed by atoms with E-state index < -0.39 is 0 Å². The van der Waals surface area contributed by atoms with E-state index in [-0.39, 0.29) is 0 Å². The number of fused-ring (bicyclic) bond motifs is 6. The minimum Gasteiger partial charge on any atom is -0.309 e. The maximum Gasteiger partial charge on any atom is 0.0547 e. The lowest BCUT2D eigenvalue weighted by atomic mass is 9.99. The monoisotopic (exact) mass is 636 g/mol. The molecule has 0 amide bonds. The van der Waals surface area contributed by atoms with Crippen molar-refractivity contribution in [2.24, 2.45) is 0 Å². The first kappa shape index (κ1) is 28.4. The molecule has 0 saturated heterocycles. The summed E-state index contributed by atoms with van der Waals surface area (Å²) in [6, 6.07) is 70.4. The molecule has 8 aromatic carbocycles. The van der Waals surface area contributed by atoms with Crippen LogP contribution >= 0.6 is 0 Å². The van der Waals surface area contributed by atoms with Gasteiger partial charge in [-0.2, -0.15) is 0 Å². The van der Waals surface area contributed by atoms with Crippen molar-refractivity contribution >= 4 is 43.6 Å². The largest absolute Gasteiger partial charge is 0.309 e. The summed E-state index contributed by atoms with van der Waals surface area (Å²) in [5, 5.41) is 5.05. The Morgan fingerprint density at radius 1 is 0.220 bits per heavy atom. The Kier molecular flexibility index (Phi) is 6.53. The first-order valence-corrected chi connectivity index (χ1v) is 17.2. The lowest BCUT2D eigenvalue weighted by Gasteiger charge is -2.10. The molecule has 0 aliphatic heterocycles. The molecule has 0 spiro atoms. The van der Waals surface area contributed by atoms with Gasteiger partial charge in [-0.3, -0.25) is 0 Å². The van der Waals surface area contributed by atoms with Gasteiger partial charge in [-0.15, -0.1) is 0 Å². The van der Waals surface area contributed by atoms with Crippen molar-refractivity contribution in [3.05, 3.63) is 194 Å². The van der Waals surface area contributed by atoms with E-state index in [0.29, 0.717) is 0 Å². The molecule has 0 aliphatic carbocycles. The molecule has 0 atom stereocenters. The summed E-state index contributed by atoms with van der Waals surface area (Å²) in [7, 11) is 0. The SMILES string of the molecule is c1ccc(-c2ccc(-c3ccc4c5cc(-c6ccc(-n7c8ccccc8c8ccccc87)cc6)ccc5n(-c5ccccc5)c4c3)cc2)cc1. The zero-order valence-corrected chi connectivity index (χ0v) is 27.4. The van der Waals surface area contributed by atoms with Gasteiger partial charge in [-0.1, -0.05) is 140 Å². The van der Waals surface area contributed by atoms with E-state index in [1.807, 2.05) is 0 Å². The molecule has 0 aliphatic rings. The third-order valence-electron chi connectivity index (χ3n) is 10.1. The third-order valence-corrected chi connectivity index (χ3v) is 10.1. The van der Waals surface area contributed by atoms with Crippen LogP contribution in [0.15, 0.2) is 194 Å². The van der Waals surface area contributed by atoms with E-state index >= 15 is 0 Å². The second kappa shape index (κ2) is 11.5. The van der Waals surface area contributed by atoms with E-state index in [1.54, 1.807) is 0 Å². The van der Waals surface area contributed by atoms with E-state index in [2.05, 4.69) is 203 Å². The number of para-hydroxylation sites is 3. The van der Waals surface area contributed by atoms with E-state index in [1.165, 1.54) is 77.0 Å². The van der Waals surface area contributed by atoms with Crippen molar-refractivity contribution < 1.29 is 0 Å². The van der Waals surface area contributed by atoms with E-state index in [4.69, 9.17) is 0 Å². The number of aromatic nitrogens is 2. The summed E-state index contributed by atoms with van der Waals surface area (Å²) in [5.74, 6) is 0. The molecule has 0 fully saturated rings. The van der Waals surface area contributed by atoms with Crippen LogP contribution in [-0.2, 0) is 0 Å². The van der Waals surface area contributed by atoms with Gasteiger partial charge in [0, 0.05) is 32.9 Å². The number of rotatable bonds is 5. The van der Waals surface area contributed by atoms with Crippen LogP contribution in [0.1, 0.15) is 0 Å². The predicted molar refractivity (Wildman–Crippen MR) is 211 cm³/mol. The van der Waals surface area contributed by atoms with Gasteiger partial charge in [0.25, 0.3) is 0 Å². The summed E-state index contributed by atoms with van der Waals surface area (Å²) < 4.78 is 4.78. The van der Waals surface area contributed by atoms with E-state index in [0.717, 1.165) is 11.4 Å². The fraction of sp³-hybridized carbons (Fsp3) is 0. The second-order valence-corrected chi connectivity index (χ2v) is 13.0. The maximum absolute atomic E-state index is 2.40. The van der Waals surface area contributed by atoms with Gasteiger partial charge in [0.2, 0.25) is 0 Å².